The molecule has 8 nitrogen and oxygen atoms in total. The van der Waals surface area contributed by atoms with E-state index in [0.29, 0.717) is 16.8 Å². The Hall–Kier alpha value is -3.20. The van der Waals surface area contributed by atoms with Gasteiger partial charge < -0.3 is 4.74 Å². The zero-order valence-electron chi connectivity index (χ0n) is 15.0. The molecule has 2 aromatic rings. The van der Waals surface area contributed by atoms with E-state index in [9.17, 15) is 9.59 Å². The summed E-state index contributed by atoms with van der Waals surface area (Å²) < 4.78 is 4.62. The number of anilines is 2. The molecular formula is C18H17N5O3S. The van der Waals surface area contributed by atoms with Crippen LogP contribution in [0.1, 0.15) is 11.4 Å². The number of aryl methyl sites for hydroxylation is 2. The van der Waals surface area contributed by atoms with Crippen molar-refractivity contribution in [3.8, 4) is 0 Å². The lowest BCUT2D eigenvalue weighted by molar-refractivity contribution is -0.135. The predicted molar refractivity (Wildman–Crippen MR) is 104 cm³/mol. The van der Waals surface area contributed by atoms with Gasteiger partial charge in [0.1, 0.15) is 0 Å². The zero-order valence-corrected chi connectivity index (χ0v) is 15.8. The number of nitrogens with one attached hydrogen (secondary N) is 1. The van der Waals surface area contributed by atoms with Gasteiger partial charge in [0.25, 0.3) is 5.91 Å². The number of hydrazone groups is 1. The Morgan fingerprint density at radius 1 is 1.22 bits per heavy atom. The van der Waals surface area contributed by atoms with Crippen LogP contribution in [0, 0.1) is 13.8 Å². The summed E-state index contributed by atoms with van der Waals surface area (Å²) in [5.41, 5.74) is 5.01. The second-order valence-electron chi connectivity index (χ2n) is 5.59. The number of amidine groups is 1. The minimum atomic E-state index is -0.606. The van der Waals surface area contributed by atoms with Crippen LogP contribution in [-0.2, 0) is 14.3 Å². The summed E-state index contributed by atoms with van der Waals surface area (Å²) in [6.45, 7) is 3.71. The van der Waals surface area contributed by atoms with Crippen LogP contribution in [0.15, 0.2) is 52.5 Å². The molecule has 1 aromatic carbocycles. The number of ether oxygens (including phenoxy) is 1. The van der Waals surface area contributed by atoms with Crippen molar-refractivity contribution in [2.24, 2.45) is 5.10 Å². The largest absolute Gasteiger partial charge is 0.466 e. The minimum absolute atomic E-state index is 0.215. The number of esters is 1. The number of hydrogen-bond donors (Lipinski definition) is 1. The Labute approximate surface area is 160 Å². The number of hydrogen-bond acceptors (Lipinski definition) is 8. The molecule has 0 spiro atoms. The Bertz CT molecular complexity index is 923. The number of carbonyl (C=O) groups is 2. The lowest BCUT2D eigenvalue weighted by Gasteiger charge is -2.15. The molecule has 0 saturated carbocycles. The molecule has 1 amide bonds. The van der Waals surface area contributed by atoms with Crippen LogP contribution in [0.25, 0.3) is 0 Å². The second kappa shape index (κ2) is 8.00. The van der Waals surface area contributed by atoms with Crippen LogP contribution in [0.4, 0.5) is 11.6 Å². The van der Waals surface area contributed by atoms with Crippen LogP contribution in [0.2, 0.25) is 0 Å². The van der Waals surface area contributed by atoms with Crippen molar-refractivity contribution >= 4 is 40.4 Å². The van der Waals surface area contributed by atoms with Gasteiger partial charge in [-0.15, -0.1) is 5.10 Å². The molecule has 27 heavy (non-hydrogen) atoms. The van der Waals surface area contributed by atoms with E-state index in [-0.39, 0.29) is 10.8 Å². The Morgan fingerprint density at radius 3 is 2.52 bits per heavy atom. The number of nitrogens with zero attached hydrogens (tertiary/aromatic N) is 4. The van der Waals surface area contributed by atoms with E-state index >= 15 is 0 Å². The first-order valence-corrected chi connectivity index (χ1v) is 8.82. The highest BCUT2D eigenvalue weighted by Crippen LogP contribution is 2.34. The molecule has 9 heteroatoms. The summed E-state index contributed by atoms with van der Waals surface area (Å²) in [6, 6.07) is 10.9. The fourth-order valence-electron chi connectivity index (χ4n) is 2.39. The SMILES string of the molecule is COC(=O)/C=C1/S/C(=N\Nc2nc(C)cc(C)n2)N(c2ccccc2)C1=O. The first-order chi connectivity index (χ1) is 13.0. The highest BCUT2D eigenvalue weighted by atomic mass is 32.2. The Morgan fingerprint density at radius 2 is 1.89 bits per heavy atom. The normalized spacial score (nSPS) is 16.9. The molecule has 2 heterocycles. The van der Waals surface area contributed by atoms with Crippen molar-refractivity contribution in [1.82, 2.24) is 9.97 Å². The van der Waals surface area contributed by atoms with Crippen LogP contribution in [-0.4, -0.2) is 34.1 Å². The number of aromatic nitrogens is 2. The standard InChI is InChI=1S/C18H17N5O3S/c1-11-9-12(2)20-17(19-11)21-22-18-23(13-7-5-4-6-8-13)16(25)14(27-18)10-15(24)26-3/h4-10H,1-3H3,(H,19,20,21)/b14-10+,22-18-. The lowest BCUT2D eigenvalue weighted by Crippen LogP contribution is -2.29. The van der Waals surface area contributed by atoms with Gasteiger partial charge in [0.2, 0.25) is 5.95 Å². The summed E-state index contributed by atoms with van der Waals surface area (Å²) in [6.07, 6.45) is 1.15. The number of para-hydroxylation sites is 1. The summed E-state index contributed by atoms with van der Waals surface area (Å²) in [4.78, 5) is 34.5. The minimum Gasteiger partial charge on any atom is -0.466 e. The van der Waals surface area contributed by atoms with E-state index in [0.717, 1.165) is 29.2 Å². The van der Waals surface area contributed by atoms with Crippen molar-refractivity contribution in [2.75, 3.05) is 17.4 Å². The second-order valence-corrected chi connectivity index (χ2v) is 6.60. The average Bonchev–Trinajstić information content (AvgIpc) is 2.95. The summed E-state index contributed by atoms with van der Waals surface area (Å²) in [5, 5.41) is 4.64. The van der Waals surface area contributed by atoms with Crippen molar-refractivity contribution in [1.29, 1.82) is 0 Å². The summed E-state index contributed by atoms with van der Waals surface area (Å²) in [7, 11) is 1.26. The number of thioether (sulfide) groups is 1. The first-order valence-electron chi connectivity index (χ1n) is 8.01. The number of methoxy groups -OCH3 is 1. The fraction of sp³-hybridized carbons (Fsp3) is 0.167. The van der Waals surface area contributed by atoms with Crippen molar-refractivity contribution in [3.63, 3.8) is 0 Å². The first kappa shape index (κ1) is 18.6. The van der Waals surface area contributed by atoms with E-state index in [1.165, 1.54) is 12.0 Å². The number of carbonyl (C=O) groups excluding carboxylic acids is 2. The molecule has 1 fully saturated rings. The van der Waals surface area contributed by atoms with E-state index in [4.69, 9.17) is 0 Å². The average molecular weight is 383 g/mol. The number of amides is 1. The Balaban J connectivity index is 1.95. The highest BCUT2D eigenvalue weighted by Gasteiger charge is 2.35. The molecule has 0 aliphatic carbocycles. The monoisotopic (exact) mass is 383 g/mol. The summed E-state index contributed by atoms with van der Waals surface area (Å²) in [5.74, 6) is -0.643. The number of rotatable bonds is 4. The maximum atomic E-state index is 12.8. The lowest BCUT2D eigenvalue weighted by atomic mass is 10.3. The Kier molecular flexibility index (Phi) is 5.51. The van der Waals surface area contributed by atoms with E-state index in [2.05, 4.69) is 25.2 Å². The third-order valence-corrected chi connectivity index (χ3v) is 4.47. The van der Waals surface area contributed by atoms with E-state index in [1.807, 2.05) is 38.1 Å². The topological polar surface area (TPSA) is 96.8 Å². The van der Waals surface area contributed by atoms with Crippen LogP contribution >= 0.6 is 11.8 Å². The van der Waals surface area contributed by atoms with Crippen molar-refractivity contribution < 1.29 is 14.3 Å². The molecule has 0 radical (unpaired) electrons. The third-order valence-electron chi connectivity index (χ3n) is 3.50. The maximum Gasteiger partial charge on any atom is 0.331 e. The van der Waals surface area contributed by atoms with Gasteiger partial charge in [-0.3, -0.25) is 9.69 Å². The van der Waals surface area contributed by atoms with Crippen molar-refractivity contribution in [3.05, 3.63) is 58.8 Å². The third kappa shape index (κ3) is 4.32. The highest BCUT2D eigenvalue weighted by molar-refractivity contribution is 8.19. The molecule has 0 unspecified atom stereocenters. The van der Waals surface area contributed by atoms with E-state index in [1.54, 1.807) is 12.1 Å². The van der Waals surface area contributed by atoms with Gasteiger partial charge in [-0.1, -0.05) is 18.2 Å². The van der Waals surface area contributed by atoms with Gasteiger partial charge in [-0.05, 0) is 43.8 Å². The predicted octanol–water partition coefficient (Wildman–Crippen LogP) is 2.61. The van der Waals surface area contributed by atoms with Crippen LogP contribution in [0.5, 0.6) is 0 Å². The quantitative estimate of drug-likeness (QED) is 0.492. The van der Waals surface area contributed by atoms with Crippen LogP contribution < -0.4 is 10.3 Å². The molecule has 1 aliphatic heterocycles. The van der Waals surface area contributed by atoms with Crippen molar-refractivity contribution in [2.45, 2.75) is 13.8 Å². The smallest absolute Gasteiger partial charge is 0.331 e. The van der Waals surface area contributed by atoms with Gasteiger partial charge in [0.05, 0.1) is 17.7 Å². The molecule has 138 valence electrons. The van der Waals surface area contributed by atoms with E-state index < -0.39 is 5.97 Å². The molecular weight excluding hydrogens is 366 g/mol. The number of benzene rings is 1. The maximum absolute atomic E-state index is 12.8. The molecule has 1 aromatic heterocycles. The van der Waals surface area contributed by atoms with Gasteiger partial charge in [0.15, 0.2) is 5.17 Å². The van der Waals surface area contributed by atoms with Gasteiger partial charge in [-0.2, -0.15) is 0 Å². The molecule has 1 aliphatic rings. The zero-order chi connectivity index (χ0) is 19.4. The molecule has 0 bridgehead atoms. The molecule has 0 atom stereocenters. The molecule has 1 saturated heterocycles. The summed E-state index contributed by atoms with van der Waals surface area (Å²) >= 11 is 1.06. The van der Waals surface area contributed by atoms with Crippen LogP contribution in [0.3, 0.4) is 0 Å². The molecule has 1 N–H and O–H groups in total. The van der Waals surface area contributed by atoms with Gasteiger partial charge in [-0.25, -0.2) is 20.2 Å². The fourth-order valence-corrected chi connectivity index (χ4v) is 3.29. The molecule has 3 rings (SSSR count). The van der Waals surface area contributed by atoms with Gasteiger partial charge in [0, 0.05) is 17.5 Å². The van der Waals surface area contributed by atoms with Gasteiger partial charge >= 0.3 is 5.97 Å².